The van der Waals surface area contributed by atoms with Crippen LogP contribution in [0.1, 0.15) is 23.2 Å². The number of nitrogens with one attached hydrogen (secondary N) is 1. The zero-order chi connectivity index (χ0) is 12.4. The van der Waals surface area contributed by atoms with Crippen LogP contribution in [-0.4, -0.2) is 23.0 Å². The number of nitrogens with zero attached hydrogens (tertiary/aromatic N) is 1. The summed E-state index contributed by atoms with van der Waals surface area (Å²) in [6.07, 6.45) is 1.87. The Labute approximate surface area is 103 Å². The average Bonchev–Trinajstić information content (AvgIpc) is 3.08. The number of amides is 3. The molecular formula is C11H12ClN3O2. The predicted octanol–water partition coefficient (Wildman–Crippen LogP) is 1.53. The van der Waals surface area contributed by atoms with Crippen LogP contribution in [0.2, 0.25) is 5.02 Å². The molecule has 2 rings (SSSR count). The van der Waals surface area contributed by atoms with Gasteiger partial charge in [-0.3, -0.25) is 4.79 Å². The van der Waals surface area contributed by atoms with Crippen molar-refractivity contribution in [2.75, 3.05) is 0 Å². The first kappa shape index (κ1) is 11.9. The number of carbonyl (C=O) groups is 2. The first-order valence-corrected chi connectivity index (χ1v) is 5.61. The van der Waals surface area contributed by atoms with Gasteiger partial charge in [0.15, 0.2) is 0 Å². The number of hydrogen-bond donors (Lipinski definition) is 2. The third-order valence-corrected chi connectivity index (χ3v) is 2.62. The lowest BCUT2D eigenvalue weighted by Gasteiger charge is -2.19. The molecule has 1 aromatic rings. The maximum atomic E-state index is 12.0. The van der Waals surface area contributed by atoms with Gasteiger partial charge in [-0.1, -0.05) is 17.7 Å². The molecule has 0 aromatic heterocycles. The molecule has 0 radical (unpaired) electrons. The van der Waals surface area contributed by atoms with Gasteiger partial charge in [0.2, 0.25) is 0 Å². The summed E-state index contributed by atoms with van der Waals surface area (Å²) in [5, 5.41) is 1.27. The van der Waals surface area contributed by atoms with Crippen molar-refractivity contribution in [3.8, 4) is 0 Å². The number of hydrogen-bond acceptors (Lipinski definition) is 3. The van der Waals surface area contributed by atoms with Gasteiger partial charge < -0.3 is 5.73 Å². The number of carbonyl (C=O) groups excluding carboxylic acids is 2. The van der Waals surface area contributed by atoms with Crippen molar-refractivity contribution in [2.45, 2.75) is 18.9 Å². The molecular weight excluding hydrogens is 242 g/mol. The lowest BCUT2D eigenvalue weighted by molar-refractivity contribution is 0.0732. The predicted molar refractivity (Wildman–Crippen MR) is 63.4 cm³/mol. The molecule has 3 N–H and O–H groups in total. The summed E-state index contributed by atoms with van der Waals surface area (Å²) in [6, 6.07) is 5.72. The number of hydrazine groups is 1. The molecule has 90 valence electrons. The van der Waals surface area contributed by atoms with Crippen molar-refractivity contribution >= 4 is 23.5 Å². The largest absolute Gasteiger partial charge is 0.350 e. The number of primary amides is 1. The van der Waals surface area contributed by atoms with E-state index < -0.39 is 11.9 Å². The third kappa shape index (κ3) is 2.95. The quantitative estimate of drug-likeness (QED) is 0.802. The van der Waals surface area contributed by atoms with Crippen molar-refractivity contribution in [2.24, 2.45) is 5.73 Å². The fraction of sp³-hybridized carbons (Fsp3) is 0.273. The molecule has 0 heterocycles. The number of imide groups is 1. The fourth-order valence-electron chi connectivity index (χ4n) is 1.37. The Kier molecular flexibility index (Phi) is 3.31. The number of nitrogens with two attached hydrogens (primary N) is 1. The molecule has 17 heavy (non-hydrogen) atoms. The number of rotatable bonds is 3. The molecule has 0 atom stereocenters. The third-order valence-electron chi connectivity index (χ3n) is 2.38. The second-order valence-electron chi connectivity index (χ2n) is 3.89. The van der Waals surface area contributed by atoms with Crippen LogP contribution in [0.25, 0.3) is 0 Å². The van der Waals surface area contributed by atoms with Gasteiger partial charge in [0, 0.05) is 16.6 Å². The molecule has 1 fully saturated rings. The van der Waals surface area contributed by atoms with Crippen molar-refractivity contribution < 1.29 is 9.59 Å². The van der Waals surface area contributed by atoms with Gasteiger partial charge in [-0.15, -0.1) is 0 Å². The van der Waals surface area contributed by atoms with Gasteiger partial charge in [-0.25, -0.2) is 10.2 Å². The number of urea groups is 1. The highest BCUT2D eigenvalue weighted by Crippen LogP contribution is 2.20. The van der Waals surface area contributed by atoms with Crippen LogP contribution in [0.3, 0.4) is 0 Å². The Hall–Kier alpha value is -1.59. The van der Waals surface area contributed by atoms with Crippen molar-refractivity contribution in [3.63, 3.8) is 0 Å². The Morgan fingerprint density at radius 3 is 2.65 bits per heavy atom. The van der Waals surface area contributed by atoms with Gasteiger partial charge in [-0.05, 0) is 31.0 Å². The van der Waals surface area contributed by atoms with Crippen LogP contribution in [0.15, 0.2) is 24.3 Å². The standard InChI is InChI=1S/C11H12ClN3O2/c12-8-3-1-2-7(6-8)10(16)15(11(13)17)14-9-4-5-9/h1-3,6,9,14H,4-5H2,(H2,13,17). The molecule has 0 saturated heterocycles. The molecule has 1 aliphatic rings. The van der Waals surface area contributed by atoms with E-state index in [2.05, 4.69) is 5.43 Å². The van der Waals surface area contributed by atoms with Gasteiger partial charge in [0.1, 0.15) is 0 Å². The Bertz CT molecular complexity index is 460. The lowest BCUT2D eigenvalue weighted by Crippen LogP contribution is -2.50. The van der Waals surface area contributed by atoms with E-state index in [9.17, 15) is 9.59 Å². The van der Waals surface area contributed by atoms with E-state index in [0.717, 1.165) is 17.9 Å². The maximum Gasteiger partial charge on any atom is 0.336 e. The molecule has 1 aliphatic carbocycles. The molecule has 0 aliphatic heterocycles. The maximum absolute atomic E-state index is 12.0. The Balaban J connectivity index is 2.17. The minimum atomic E-state index is -0.818. The lowest BCUT2D eigenvalue weighted by atomic mass is 10.2. The van der Waals surface area contributed by atoms with E-state index >= 15 is 0 Å². The summed E-state index contributed by atoms with van der Waals surface area (Å²) < 4.78 is 0. The minimum Gasteiger partial charge on any atom is -0.350 e. The van der Waals surface area contributed by atoms with Crippen molar-refractivity contribution in [3.05, 3.63) is 34.9 Å². The minimum absolute atomic E-state index is 0.158. The average molecular weight is 254 g/mol. The zero-order valence-corrected chi connectivity index (χ0v) is 9.78. The van der Waals surface area contributed by atoms with E-state index in [1.807, 2.05) is 0 Å². The van der Waals surface area contributed by atoms with Crippen molar-refractivity contribution in [1.29, 1.82) is 0 Å². The molecule has 1 saturated carbocycles. The molecule has 0 bridgehead atoms. The van der Waals surface area contributed by atoms with E-state index in [4.69, 9.17) is 17.3 Å². The number of benzene rings is 1. The summed E-state index contributed by atoms with van der Waals surface area (Å²) in [5.41, 5.74) is 8.26. The summed E-state index contributed by atoms with van der Waals surface area (Å²) >= 11 is 5.78. The molecule has 5 nitrogen and oxygen atoms in total. The highest BCUT2D eigenvalue weighted by atomic mass is 35.5. The van der Waals surface area contributed by atoms with Crippen LogP contribution in [0.4, 0.5) is 4.79 Å². The molecule has 3 amide bonds. The second kappa shape index (κ2) is 4.73. The molecule has 0 spiro atoms. The molecule has 1 aromatic carbocycles. The highest BCUT2D eigenvalue weighted by Gasteiger charge is 2.29. The van der Waals surface area contributed by atoms with Crippen LogP contribution < -0.4 is 11.2 Å². The fourth-order valence-corrected chi connectivity index (χ4v) is 1.56. The summed E-state index contributed by atoms with van der Waals surface area (Å²) in [6.45, 7) is 0. The van der Waals surface area contributed by atoms with Gasteiger partial charge >= 0.3 is 6.03 Å². The van der Waals surface area contributed by atoms with Gasteiger partial charge in [-0.2, -0.15) is 5.01 Å². The van der Waals surface area contributed by atoms with E-state index in [0.29, 0.717) is 10.6 Å². The molecule has 6 heteroatoms. The normalized spacial score (nSPS) is 14.4. The first-order valence-electron chi connectivity index (χ1n) is 5.23. The Morgan fingerprint density at radius 1 is 1.41 bits per heavy atom. The topological polar surface area (TPSA) is 75.4 Å². The first-order chi connectivity index (χ1) is 8.08. The smallest absolute Gasteiger partial charge is 0.336 e. The van der Waals surface area contributed by atoms with Gasteiger partial charge in [0.05, 0.1) is 0 Å². The second-order valence-corrected chi connectivity index (χ2v) is 4.33. The molecule has 0 unspecified atom stereocenters. The SMILES string of the molecule is NC(=O)N(NC1CC1)C(=O)c1cccc(Cl)c1. The van der Waals surface area contributed by atoms with E-state index in [-0.39, 0.29) is 6.04 Å². The van der Waals surface area contributed by atoms with Crippen LogP contribution >= 0.6 is 11.6 Å². The highest BCUT2D eigenvalue weighted by molar-refractivity contribution is 6.31. The van der Waals surface area contributed by atoms with Crippen molar-refractivity contribution in [1.82, 2.24) is 10.4 Å². The zero-order valence-electron chi connectivity index (χ0n) is 9.02. The summed E-state index contributed by atoms with van der Waals surface area (Å²) in [5.74, 6) is -0.494. The van der Waals surface area contributed by atoms with Gasteiger partial charge in [0.25, 0.3) is 5.91 Å². The Morgan fingerprint density at radius 2 is 2.12 bits per heavy atom. The van der Waals surface area contributed by atoms with Crippen LogP contribution in [0.5, 0.6) is 0 Å². The monoisotopic (exact) mass is 253 g/mol. The van der Waals surface area contributed by atoms with Crippen LogP contribution in [-0.2, 0) is 0 Å². The van der Waals surface area contributed by atoms with E-state index in [1.165, 1.54) is 6.07 Å². The van der Waals surface area contributed by atoms with E-state index in [1.54, 1.807) is 18.2 Å². The summed E-state index contributed by atoms with van der Waals surface area (Å²) in [7, 11) is 0. The summed E-state index contributed by atoms with van der Waals surface area (Å²) in [4.78, 5) is 23.2. The van der Waals surface area contributed by atoms with Crippen LogP contribution in [0, 0.1) is 0 Å². The number of halogens is 1.